The minimum Gasteiger partial charge on any atom is -0.487 e. The van der Waals surface area contributed by atoms with Gasteiger partial charge in [-0.05, 0) is 12.1 Å². The van der Waals surface area contributed by atoms with E-state index in [1.165, 1.54) is 6.07 Å². The van der Waals surface area contributed by atoms with Gasteiger partial charge in [0.2, 0.25) is 0 Å². The summed E-state index contributed by atoms with van der Waals surface area (Å²) in [6.07, 6.45) is -7.62. The fraction of sp³-hybridized carbons (Fsp3) is 0.571. The van der Waals surface area contributed by atoms with E-state index >= 15 is 0 Å². The average Bonchev–Trinajstić information content (AvgIpc) is 2.59. The number of halogens is 15. The maximum Gasteiger partial charge on any atom is 0.460 e. The van der Waals surface area contributed by atoms with Crippen molar-refractivity contribution in [3.63, 3.8) is 0 Å². The summed E-state index contributed by atoms with van der Waals surface area (Å²) in [5.41, 5.74) is 0. The maximum atomic E-state index is 13.5. The van der Waals surface area contributed by atoms with Gasteiger partial charge in [-0.15, -0.1) is 0 Å². The van der Waals surface area contributed by atoms with Crippen LogP contribution in [-0.2, 0) is 0 Å². The highest BCUT2D eigenvalue weighted by molar-refractivity contribution is 5.21. The third kappa shape index (κ3) is 3.72. The molecule has 0 aliphatic rings. The van der Waals surface area contributed by atoms with Crippen LogP contribution in [0, 0.1) is 0 Å². The largest absolute Gasteiger partial charge is 0.487 e. The molecule has 0 atom stereocenters. The van der Waals surface area contributed by atoms with Crippen LogP contribution in [0.5, 0.6) is 5.75 Å². The number of benzene rings is 1. The van der Waals surface area contributed by atoms with Gasteiger partial charge in [0.1, 0.15) is 5.75 Å². The van der Waals surface area contributed by atoms with E-state index in [9.17, 15) is 65.9 Å². The molecule has 1 nitrogen and oxygen atoms in total. The first kappa shape index (κ1) is 26.0. The van der Waals surface area contributed by atoms with E-state index in [4.69, 9.17) is 0 Å². The summed E-state index contributed by atoms with van der Waals surface area (Å²) in [6.45, 7) is -2.85. The van der Waals surface area contributed by atoms with Crippen molar-refractivity contribution >= 4 is 0 Å². The highest BCUT2D eigenvalue weighted by Gasteiger charge is 2.93. The van der Waals surface area contributed by atoms with Crippen LogP contribution in [0.15, 0.2) is 30.3 Å². The van der Waals surface area contributed by atoms with E-state index < -0.39 is 54.1 Å². The van der Waals surface area contributed by atoms with Crippen molar-refractivity contribution in [2.75, 3.05) is 6.61 Å². The van der Waals surface area contributed by atoms with Crippen LogP contribution in [0.1, 0.15) is 0 Å². The van der Waals surface area contributed by atoms with E-state index in [1.54, 1.807) is 0 Å². The fourth-order valence-electron chi connectivity index (χ4n) is 1.78. The van der Waals surface area contributed by atoms with E-state index in [1.807, 2.05) is 0 Å². The van der Waals surface area contributed by atoms with Crippen molar-refractivity contribution in [3.05, 3.63) is 30.3 Å². The molecule has 0 bridgehead atoms. The number of ether oxygens (including phenoxy) is 1. The van der Waals surface area contributed by atoms with E-state index in [2.05, 4.69) is 4.74 Å². The van der Waals surface area contributed by atoms with E-state index in [-0.39, 0.29) is 0 Å². The Balaban J connectivity index is 3.36. The lowest BCUT2D eigenvalue weighted by molar-refractivity contribution is -0.453. The normalized spacial score (nSPS) is 15.3. The molecular weight excluding hydrogens is 469 g/mol. The van der Waals surface area contributed by atoms with Gasteiger partial charge in [-0.25, -0.2) is 0 Å². The number of alkyl halides is 15. The van der Waals surface area contributed by atoms with Gasteiger partial charge in [-0.1, -0.05) is 18.2 Å². The second kappa shape index (κ2) is 7.28. The highest BCUT2D eigenvalue weighted by atomic mass is 19.4. The Kier molecular flexibility index (Phi) is 6.31. The summed E-state index contributed by atoms with van der Waals surface area (Å²) in [6, 6.07) is 4.91. The first-order chi connectivity index (χ1) is 13.1. The van der Waals surface area contributed by atoms with Crippen LogP contribution in [0.4, 0.5) is 65.9 Å². The van der Waals surface area contributed by atoms with Crippen molar-refractivity contribution < 1.29 is 70.6 Å². The van der Waals surface area contributed by atoms with E-state index in [0.717, 1.165) is 24.3 Å². The molecule has 0 aliphatic carbocycles. The van der Waals surface area contributed by atoms with Gasteiger partial charge in [-0.3, -0.25) is 0 Å². The topological polar surface area (TPSA) is 9.23 Å². The molecule has 0 amide bonds. The molecule has 1 aromatic carbocycles. The molecule has 0 unspecified atom stereocenters. The van der Waals surface area contributed by atoms with Crippen molar-refractivity contribution in [3.8, 4) is 5.75 Å². The lowest BCUT2D eigenvalue weighted by Gasteiger charge is -2.41. The summed E-state index contributed by atoms with van der Waals surface area (Å²) in [5.74, 6) is -47.3. The summed E-state index contributed by atoms with van der Waals surface area (Å²) in [7, 11) is 0. The van der Waals surface area contributed by atoms with Gasteiger partial charge in [0.25, 0.3) is 0 Å². The number of rotatable bonds is 8. The maximum absolute atomic E-state index is 13.5. The van der Waals surface area contributed by atoms with Gasteiger partial charge < -0.3 is 4.74 Å². The van der Waals surface area contributed by atoms with Gasteiger partial charge in [0.05, 0.1) is 0 Å². The zero-order valence-corrected chi connectivity index (χ0v) is 13.7. The van der Waals surface area contributed by atoms with Crippen LogP contribution in [0.2, 0.25) is 0 Å². The van der Waals surface area contributed by atoms with Crippen LogP contribution in [0.3, 0.4) is 0 Å². The summed E-state index contributed by atoms with van der Waals surface area (Å²) in [4.78, 5) is 0. The molecule has 1 aromatic rings. The predicted molar refractivity (Wildman–Crippen MR) is 67.7 cm³/mol. The molecule has 1 rings (SSSR count). The van der Waals surface area contributed by atoms with Crippen molar-refractivity contribution in [1.82, 2.24) is 0 Å². The van der Waals surface area contributed by atoms with Crippen LogP contribution >= 0.6 is 0 Å². The Bertz CT molecular complexity index is 723. The Hall–Kier alpha value is -2.03. The lowest BCUT2D eigenvalue weighted by atomic mass is 9.91. The average molecular weight is 476 g/mol. The molecule has 0 saturated heterocycles. The minimum absolute atomic E-state index is 0.711. The predicted octanol–water partition coefficient (Wildman–Crippen LogP) is 6.44. The minimum atomic E-state index is -8.29. The zero-order chi connectivity index (χ0) is 24.0. The van der Waals surface area contributed by atoms with Crippen molar-refractivity contribution in [1.29, 1.82) is 0 Å². The molecule has 16 heteroatoms. The summed E-state index contributed by atoms with van der Waals surface area (Å²) < 4.78 is 198. The molecule has 0 saturated carbocycles. The number of hydrogen-bond donors (Lipinski definition) is 0. The third-order valence-electron chi connectivity index (χ3n) is 3.56. The molecule has 0 heterocycles. The molecule has 30 heavy (non-hydrogen) atoms. The molecule has 174 valence electrons. The van der Waals surface area contributed by atoms with Crippen LogP contribution < -0.4 is 4.74 Å². The van der Waals surface area contributed by atoms with Crippen molar-refractivity contribution in [2.45, 2.75) is 41.7 Å². The smallest absolute Gasteiger partial charge is 0.460 e. The van der Waals surface area contributed by atoms with Crippen LogP contribution in [0.25, 0.3) is 0 Å². The van der Waals surface area contributed by atoms with E-state index in [0.29, 0.717) is 0 Å². The molecule has 0 fully saturated rings. The SMILES string of the molecule is FC(F)(F)C(F)(F)C(F)(F)C(F)(F)C(F)(F)C(F)(F)C(F)(F)COc1ccccc1. The Morgan fingerprint density at radius 2 is 0.867 bits per heavy atom. The Morgan fingerprint density at radius 3 is 1.27 bits per heavy atom. The molecule has 0 aromatic heterocycles. The second-order valence-electron chi connectivity index (χ2n) is 5.68. The Morgan fingerprint density at radius 1 is 0.500 bits per heavy atom. The fourth-order valence-corrected chi connectivity index (χ4v) is 1.78. The molecular formula is C14H7F15O. The quantitative estimate of drug-likeness (QED) is 0.393. The second-order valence-corrected chi connectivity index (χ2v) is 5.68. The Labute approximate surface area is 156 Å². The first-order valence-electron chi connectivity index (χ1n) is 7.09. The zero-order valence-electron chi connectivity index (χ0n) is 13.7. The lowest BCUT2D eigenvalue weighted by Crippen LogP contribution is -2.73. The van der Waals surface area contributed by atoms with Gasteiger partial charge in [0.15, 0.2) is 6.61 Å². The first-order valence-corrected chi connectivity index (χ1v) is 7.09. The monoisotopic (exact) mass is 476 g/mol. The summed E-state index contributed by atoms with van der Waals surface area (Å²) in [5, 5.41) is 0. The van der Waals surface area contributed by atoms with Crippen molar-refractivity contribution in [2.24, 2.45) is 0 Å². The van der Waals surface area contributed by atoms with Crippen LogP contribution in [-0.4, -0.2) is 48.3 Å². The molecule has 0 spiro atoms. The van der Waals surface area contributed by atoms with Gasteiger partial charge in [-0.2, -0.15) is 65.9 Å². The molecule has 0 N–H and O–H groups in total. The molecule has 0 radical (unpaired) electrons. The third-order valence-corrected chi connectivity index (χ3v) is 3.56. The summed E-state index contributed by atoms with van der Waals surface area (Å²) >= 11 is 0. The number of hydrogen-bond acceptors (Lipinski definition) is 1. The number of para-hydroxylation sites is 1. The standard InChI is InChI=1S/C14H7F15O/c15-8(16,6-30-7-4-2-1-3-5-7)9(17,18)10(19,20)11(21,22)12(23,24)13(25,26)14(27,28)29/h1-5H,6H2. The van der Waals surface area contributed by atoms with Gasteiger partial charge >= 0.3 is 41.7 Å². The van der Waals surface area contributed by atoms with Gasteiger partial charge in [0, 0.05) is 0 Å². The molecule has 0 aliphatic heterocycles. The highest BCUT2D eigenvalue weighted by Crippen LogP contribution is 2.62.